The number of hydrogen-bond donors (Lipinski definition) is 0. The number of pyridine rings is 1. The van der Waals surface area contributed by atoms with Crippen molar-refractivity contribution >= 4 is 0 Å². The number of rotatable bonds is 1. The molecule has 2 rings (SSSR count). The molecular formula is C8H5FN2O. The fourth-order valence-corrected chi connectivity index (χ4v) is 0.913. The van der Waals surface area contributed by atoms with E-state index in [2.05, 4.69) is 14.7 Å². The fourth-order valence-electron chi connectivity index (χ4n) is 0.913. The van der Waals surface area contributed by atoms with Gasteiger partial charge < -0.3 is 4.52 Å². The van der Waals surface area contributed by atoms with Gasteiger partial charge in [0.1, 0.15) is 17.8 Å². The van der Waals surface area contributed by atoms with Gasteiger partial charge in [0.05, 0.1) is 6.20 Å². The highest BCUT2D eigenvalue weighted by atomic mass is 19.1. The van der Waals surface area contributed by atoms with Gasteiger partial charge in [-0.25, -0.2) is 4.39 Å². The Morgan fingerprint density at radius 1 is 1.33 bits per heavy atom. The molecule has 0 amide bonds. The summed E-state index contributed by atoms with van der Waals surface area (Å²) in [5, 5.41) is 3.65. The Morgan fingerprint density at radius 3 is 2.92 bits per heavy atom. The second kappa shape index (κ2) is 2.73. The van der Waals surface area contributed by atoms with E-state index in [1.807, 2.05) is 0 Å². The molecule has 0 atom stereocenters. The fraction of sp³-hybridized carbons (Fsp3) is 0. The Labute approximate surface area is 67.8 Å². The van der Waals surface area contributed by atoms with Crippen LogP contribution in [0.25, 0.3) is 11.3 Å². The summed E-state index contributed by atoms with van der Waals surface area (Å²) in [6, 6.07) is 3.00. The van der Waals surface area contributed by atoms with Gasteiger partial charge >= 0.3 is 0 Å². The summed E-state index contributed by atoms with van der Waals surface area (Å²) >= 11 is 0. The maximum atomic E-state index is 12.6. The highest BCUT2D eigenvalue weighted by Gasteiger charge is 2.01. The van der Waals surface area contributed by atoms with Crippen LogP contribution in [0.15, 0.2) is 35.3 Å². The zero-order valence-corrected chi connectivity index (χ0v) is 6.07. The predicted octanol–water partition coefficient (Wildman–Crippen LogP) is 1.88. The van der Waals surface area contributed by atoms with Gasteiger partial charge in [-0.3, -0.25) is 4.98 Å². The summed E-state index contributed by atoms with van der Waals surface area (Å²) in [5.74, 6) is -0.379. The molecular weight excluding hydrogens is 159 g/mol. The molecule has 0 N–H and O–H groups in total. The molecule has 0 fully saturated rings. The molecule has 0 aliphatic carbocycles. The van der Waals surface area contributed by atoms with Gasteiger partial charge in [-0.05, 0) is 6.07 Å². The van der Waals surface area contributed by atoms with Crippen molar-refractivity contribution in [2.75, 3.05) is 0 Å². The van der Waals surface area contributed by atoms with Crippen LogP contribution in [-0.4, -0.2) is 10.1 Å². The van der Waals surface area contributed by atoms with Crippen molar-refractivity contribution in [3.05, 3.63) is 36.6 Å². The quantitative estimate of drug-likeness (QED) is 0.645. The molecule has 2 heterocycles. The second-order valence-electron chi connectivity index (χ2n) is 2.28. The Balaban J connectivity index is 2.48. The highest BCUT2D eigenvalue weighted by molar-refractivity contribution is 5.56. The van der Waals surface area contributed by atoms with Crippen LogP contribution in [0.2, 0.25) is 0 Å². The first kappa shape index (κ1) is 6.97. The average molecular weight is 164 g/mol. The van der Waals surface area contributed by atoms with Gasteiger partial charge in [0.25, 0.3) is 0 Å². The molecule has 0 saturated heterocycles. The maximum absolute atomic E-state index is 12.6. The monoisotopic (exact) mass is 164 g/mol. The predicted molar refractivity (Wildman–Crippen MR) is 39.7 cm³/mol. The third-order valence-electron chi connectivity index (χ3n) is 1.44. The summed E-state index contributed by atoms with van der Waals surface area (Å²) < 4.78 is 17.2. The topological polar surface area (TPSA) is 38.9 Å². The molecule has 3 nitrogen and oxygen atoms in total. The van der Waals surface area contributed by atoms with Crippen molar-refractivity contribution in [1.82, 2.24) is 10.1 Å². The molecule has 60 valence electrons. The first-order valence-electron chi connectivity index (χ1n) is 3.37. The lowest BCUT2D eigenvalue weighted by Crippen LogP contribution is -1.81. The van der Waals surface area contributed by atoms with Gasteiger partial charge in [0, 0.05) is 17.8 Å². The molecule has 2 aromatic rings. The smallest absolute Gasteiger partial charge is 0.142 e. The van der Waals surface area contributed by atoms with E-state index >= 15 is 0 Å². The van der Waals surface area contributed by atoms with Crippen LogP contribution in [-0.2, 0) is 0 Å². The molecule has 0 aromatic carbocycles. The lowest BCUT2D eigenvalue weighted by atomic mass is 10.2. The number of nitrogens with zero attached hydrogens (tertiary/aromatic N) is 2. The van der Waals surface area contributed by atoms with Crippen LogP contribution < -0.4 is 0 Å². The van der Waals surface area contributed by atoms with Crippen molar-refractivity contribution in [2.45, 2.75) is 0 Å². The second-order valence-corrected chi connectivity index (χ2v) is 2.28. The highest BCUT2D eigenvalue weighted by Crippen LogP contribution is 2.15. The third-order valence-corrected chi connectivity index (χ3v) is 1.44. The largest absolute Gasteiger partial charge is 0.364 e. The van der Waals surface area contributed by atoms with Crippen LogP contribution in [0.5, 0.6) is 0 Å². The van der Waals surface area contributed by atoms with E-state index in [9.17, 15) is 4.39 Å². The summed E-state index contributed by atoms with van der Waals surface area (Å²) in [4.78, 5) is 3.68. The van der Waals surface area contributed by atoms with Crippen molar-refractivity contribution < 1.29 is 8.91 Å². The minimum Gasteiger partial charge on any atom is -0.364 e. The van der Waals surface area contributed by atoms with Gasteiger partial charge in [-0.15, -0.1) is 0 Å². The summed E-state index contributed by atoms with van der Waals surface area (Å²) in [7, 11) is 0. The van der Waals surface area contributed by atoms with Crippen molar-refractivity contribution in [2.24, 2.45) is 0 Å². The Morgan fingerprint density at radius 2 is 2.25 bits per heavy atom. The zero-order chi connectivity index (χ0) is 8.39. The minimum absolute atomic E-state index is 0.379. The minimum atomic E-state index is -0.379. The number of hydrogen-bond acceptors (Lipinski definition) is 3. The Bertz CT molecular complexity index is 372. The van der Waals surface area contributed by atoms with Gasteiger partial charge in [0.15, 0.2) is 0 Å². The van der Waals surface area contributed by atoms with Crippen molar-refractivity contribution in [1.29, 1.82) is 0 Å². The van der Waals surface area contributed by atoms with Crippen molar-refractivity contribution in [3.63, 3.8) is 0 Å². The van der Waals surface area contributed by atoms with Gasteiger partial charge in [-0.2, -0.15) is 0 Å². The molecule has 0 spiro atoms. The molecule has 2 aromatic heterocycles. The van der Waals surface area contributed by atoms with E-state index in [4.69, 9.17) is 0 Å². The lowest BCUT2D eigenvalue weighted by molar-refractivity contribution is 0.422. The molecule has 0 bridgehead atoms. The number of halogens is 1. The molecule has 0 radical (unpaired) electrons. The van der Waals surface area contributed by atoms with E-state index in [0.29, 0.717) is 11.3 Å². The SMILES string of the molecule is Fc1cncc(-c2ccon2)c1. The first-order valence-corrected chi connectivity index (χ1v) is 3.37. The normalized spacial score (nSPS) is 10.1. The standard InChI is InChI=1S/C8H5FN2O/c9-7-3-6(4-10-5-7)8-1-2-12-11-8/h1-5H. The molecule has 0 aliphatic heterocycles. The summed E-state index contributed by atoms with van der Waals surface area (Å²) in [5.41, 5.74) is 1.20. The van der Waals surface area contributed by atoms with Gasteiger partial charge in [0.2, 0.25) is 0 Å². The van der Waals surface area contributed by atoms with E-state index in [-0.39, 0.29) is 5.82 Å². The van der Waals surface area contributed by atoms with Crippen LogP contribution in [0.4, 0.5) is 4.39 Å². The zero-order valence-electron chi connectivity index (χ0n) is 6.07. The molecule has 0 unspecified atom stereocenters. The summed E-state index contributed by atoms with van der Waals surface area (Å²) in [6.07, 6.45) is 4.10. The summed E-state index contributed by atoms with van der Waals surface area (Å²) in [6.45, 7) is 0. The maximum Gasteiger partial charge on any atom is 0.142 e. The average Bonchev–Trinajstić information content (AvgIpc) is 2.56. The molecule has 4 heteroatoms. The number of aromatic nitrogens is 2. The molecule has 0 saturated carbocycles. The van der Waals surface area contributed by atoms with E-state index in [1.54, 1.807) is 6.07 Å². The Kier molecular flexibility index (Phi) is 1.59. The van der Waals surface area contributed by atoms with E-state index in [0.717, 1.165) is 6.20 Å². The van der Waals surface area contributed by atoms with Crippen molar-refractivity contribution in [3.8, 4) is 11.3 Å². The lowest BCUT2D eigenvalue weighted by Gasteiger charge is -1.92. The Hall–Kier alpha value is -1.71. The van der Waals surface area contributed by atoms with Crippen LogP contribution in [0, 0.1) is 5.82 Å². The van der Waals surface area contributed by atoms with E-state index < -0.39 is 0 Å². The van der Waals surface area contributed by atoms with Crippen LogP contribution >= 0.6 is 0 Å². The van der Waals surface area contributed by atoms with E-state index in [1.165, 1.54) is 18.5 Å². The third kappa shape index (κ3) is 1.18. The first-order chi connectivity index (χ1) is 5.86. The van der Waals surface area contributed by atoms with Crippen LogP contribution in [0.3, 0.4) is 0 Å². The molecule has 0 aliphatic rings. The molecule has 12 heavy (non-hydrogen) atoms. The van der Waals surface area contributed by atoms with Crippen LogP contribution in [0.1, 0.15) is 0 Å². The van der Waals surface area contributed by atoms with Gasteiger partial charge in [-0.1, -0.05) is 5.16 Å².